The van der Waals surface area contributed by atoms with Crippen LogP contribution in [0.15, 0.2) is 22.8 Å². The van der Waals surface area contributed by atoms with Crippen LogP contribution in [0.1, 0.15) is 36.0 Å². The number of hydrogen-bond acceptors (Lipinski definition) is 3. The van der Waals surface area contributed by atoms with Crippen molar-refractivity contribution in [3.05, 3.63) is 35.1 Å². The molecule has 5 nitrogen and oxygen atoms in total. The first kappa shape index (κ1) is 16.1. The highest BCUT2D eigenvalue weighted by Gasteiger charge is 2.11. The topological polar surface area (TPSA) is 79.5 Å². The Hall–Kier alpha value is -2.30. The molecule has 2 aromatic rings. The molecule has 118 valence electrons. The van der Waals surface area contributed by atoms with Gasteiger partial charge in [0.25, 0.3) is 0 Å². The van der Waals surface area contributed by atoms with Crippen LogP contribution in [0.3, 0.4) is 0 Å². The summed E-state index contributed by atoms with van der Waals surface area (Å²) in [6.45, 7) is 4.56. The lowest BCUT2D eigenvalue weighted by Gasteiger charge is -2.04. The van der Waals surface area contributed by atoms with Crippen molar-refractivity contribution in [2.24, 2.45) is 0 Å². The third-order valence-electron chi connectivity index (χ3n) is 3.76. The average Bonchev–Trinajstić information content (AvgIpc) is 2.81. The van der Waals surface area contributed by atoms with Crippen LogP contribution in [-0.2, 0) is 16.0 Å². The first-order valence-electron chi connectivity index (χ1n) is 7.43. The molecule has 0 spiro atoms. The maximum absolute atomic E-state index is 11.9. The van der Waals surface area contributed by atoms with Crippen LogP contribution >= 0.6 is 0 Å². The fourth-order valence-electron chi connectivity index (χ4n) is 2.34. The molecule has 1 aromatic heterocycles. The summed E-state index contributed by atoms with van der Waals surface area (Å²) in [4.78, 5) is 22.3. The Bertz CT molecular complexity index is 687. The molecule has 2 rings (SSSR count). The molecule has 0 aliphatic carbocycles. The quantitative estimate of drug-likeness (QED) is 0.771. The molecule has 1 heterocycles. The average molecular weight is 303 g/mol. The predicted octanol–water partition coefficient (Wildman–Crippen LogP) is 2.96. The van der Waals surface area contributed by atoms with Gasteiger partial charge < -0.3 is 14.8 Å². The number of carbonyl (C=O) groups is 2. The number of benzene rings is 1. The fraction of sp³-hybridized carbons (Fsp3) is 0.412. The van der Waals surface area contributed by atoms with E-state index in [0.717, 1.165) is 22.1 Å². The predicted molar refractivity (Wildman–Crippen MR) is 83.9 cm³/mol. The molecule has 0 fully saturated rings. The van der Waals surface area contributed by atoms with Crippen molar-refractivity contribution in [3.63, 3.8) is 0 Å². The van der Waals surface area contributed by atoms with E-state index in [2.05, 4.69) is 5.32 Å². The molecular weight excluding hydrogens is 282 g/mol. The van der Waals surface area contributed by atoms with Crippen LogP contribution in [0.4, 0.5) is 0 Å². The van der Waals surface area contributed by atoms with E-state index >= 15 is 0 Å². The van der Waals surface area contributed by atoms with E-state index in [-0.39, 0.29) is 18.7 Å². The van der Waals surface area contributed by atoms with Gasteiger partial charge in [-0.15, -0.1) is 0 Å². The third-order valence-corrected chi connectivity index (χ3v) is 3.76. The Morgan fingerprint density at radius 2 is 1.91 bits per heavy atom. The van der Waals surface area contributed by atoms with Crippen LogP contribution < -0.4 is 5.32 Å². The number of carboxylic acids is 1. The van der Waals surface area contributed by atoms with E-state index < -0.39 is 5.97 Å². The summed E-state index contributed by atoms with van der Waals surface area (Å²) in [6.07, 6.45) is 3.29. The van der Waals surface area contributed by atoms with Crippen LogP contribution in [0.25, 0.3) is 11.0 Å². The van der Waals surface area contributed by atoms with E-state index in [4.69, 9.17) is 9.52 Å². The monoisotopic (exact) mass is 303 g/mol. The molecule has 5 heteroatoms. The SMILES string of the molecule is Cc1cc2occ(CC(=O)NCCCCC(=O)O)c2cc1C. The van der Waals surface area contributed by atoms with Gasteiger partial charge in [-0.25, -0.2) is 0 Å². The summed E-state index contributed by atoms with van der Waals surface area (Å²) < 4.78 is 5.51. The molecule has 0 atom stereocenters. The molecule has 0 bridgehead atoms. The summed E-state index contributed by atoms with van der Waals surface area (Å²) >= 11 is 0. The van der Waals surface area contributed by atoms with Gasteiger partial charge in [0, 0.05) is 23.9 Å². The summed E-state index contributed by atoms with van der Waals surface area (Å²) in [5.74, 6) is -0.877. The minimum atomic E-state index is -0.804. The standard InChI is InChI=1S/C17H21NO4/c1-11-7-14-13(10-22-15(14)8-12(11)2)9-16(19)18-6-4-3-5-17(20)21/h7-8,10H,3-6,9H2,1-2H3,(H,18,19)(H,20,21). The molecule has 0 aliphatic rings. The molecule has 0 radical (unpaired) electrons. The Kier molecular flexibility index (Phi) is 5.20. The molecular formula is C17H21NO4. The van der Waals surface area contributed by atoms with Crippen LogP contribution in [0.2, 0.25) is 0 Å². The van der Waals surface area contributed by atoms with Gasteiger partial charge in [0.05, 0.1) is 12.7 Å². The number of furan rings is 1. The van der Waals surface area contributed by atoms with Crippen molar-refractivity contribution in [2.75, 3.05) is 6.54 Å². The normalized spacial score (nSPS) is 10.8. The van der Waals surface area contributed by atoms with Gasteiger partial charge in [0.1, 0.15) is 5.58 Å². The number of carboxylic acid groups (broad SMARTS) is 1. The smallest absolute Gasteiger partial charge is 0.303 e. The Morgan fingerprint density at radius 1 is 1.18 bits per heavy atom. The van der Waals surface area contributed by atoms with Gasteiger partial charge in [0.15, 0.2) is 0 Å². The number of aryl methyl sites for hydroxylation is 2. The molecule has 0 unspecified atom stereocenters. The van der Waals surface area contributed by atoms with Gasteiger partial charge in [-0.3, -0.25) is 9.59 Å². The van der Waals surface area contributed by atoms with Gasteiger partial charge in [-0.2, -0.15) is 0 Å². The number of nitrogens with one attached hydrogen (secondary N) is 1. The van der Waals surface area contributed by atoms with Crippen molar-refractivity contribution in [3.8, 4) is 0 Å². The van der Waals surface area contributed by atoms with Gasteiger partial charge in [0.2, 0.25) is 5.91 Å². The van der Waals surface area contributed by atoms with E-state index in [9.17, 15) is 9.59 Å². The second kappa shape index (κ2) is 7.11. The van der Waals surface area contributed by atoms with Crippen LogP contribution in [-0.4, -0.2) is 23.5 Å². The van der Waals surface area contributed by atoms with E-state index in [0.29, 0.717) is 19.4 Å². The number of carbonyl (C=O) groups excluding carboxylic acids is 1. The Balaban J connectivity index is 1.89. The lowest BCUT2D eigenvalue weighted by Crippen LogP contribution is -2.26. The lowest BCUT2D eigenvalue weighted by atomic mass is 10.0. The number of fused-ring (bicyclic) bond motifs is 1. The first-order valence-corrected chi connectivity index (χ1v) is 7.43. The van der Waals surface area contributed by atoms with Gasteiger partial charge >= 0.3 is 5.97 Å². The van der Waals surface area contributed by atoms with Gasteiger partial charge in [-0.1, -0.05) is 0 Å². The highest BCUT2D eigenvalue weighted by molar-refractivity contribution is 5.88. The second-order valence-corrected chi connectivity index (χ2v) is 5.57. The first-order chi connectivity index (χ1) is 10.5. The number of amides is 1. The largest absolute Gasteiger partial charge is 0.481 e. The maximum Gasteiger partial charge on any atom is 0.303 e. The molecule has 0 aliphatic heterocycles. The van der Waals surface area contributed by atoms with Crippen LogP contribution in [0, 0.1) is 13.8 Å². The molecule has 22 heavy (non-hydrogen) atoms. The molecule has 0 saturated carbocycles. The minimum Gasteiger partial charge on any atom is -0.481 e. The van der Waals surface area contributed by atoms with Crippen LogP contribution in [0.5, 0.6) is 0 Å². The molecule has 2 N–H and O–H groups in total. The van der Waals surface area contributed by atoms with Crippen molar-refractivity contribution in [2.45, 2.75) is 39.5 Å². The van der Waals surface area contributed by atoms with Crippen molar-refractivity contribution in [1.29, 1.82) is 0 Å². The summed E-state index contributed by atoms with van der Waals surface area (Å²) in [6, 6.07) is 4.03. The summed E-state index contributed by atoms with van der Waals surface area (Å²) in [5.41, 5.74) is 4.01. The Morgan fingerprint density at radius 3 is 2.64 bits per heavy atom. The molecule has 1 amide bonds. The molecule has 0 saturated heterocycles. The van der Waals surface area contributed by atoms with E-state index in [1.54, 1.807) is 6.26 Å². The maximum atomic E-state index is 11.9. The zero-order chi connectivity index (χ0) is 16.1. The van der Waals surface area contributed by atoms with E-state index in [1.807, 2.05) is 26.0 Å². The second-order valence-electron chi connectivity index (χ2n) is 5.57. The number of rotatable bonds is 7. The number of aliphatic carboxylic acids is 1. The highest BCUT2D eigenvalue weighted by atomic mass is 16.4. The number of unbranched alkanes of at least 4 members (excludes halogenated alkanes) is 1. The van der Waals surface area contributed by atoms with Gasteiger partial charge in [-0.05, 0) is 49.9 Å². The Labute approximate surface area is 129 Å². The minimum absolute atomic E-state index is 0.0729. The zero-order valence-electron chi connectivity index (χ0n) is 12.9. The highest BCUT2D eigenvalue weighted by Crippen LogP contribution is 2.25. The summed E-state index contributed by atoms with van der Waals surface area (Å²) in [7, 11) is 0. The zero-order valence-corrected chi connectivity index (χ0v) is 12.9. The summed E-state index contributed by atoms with van der Waals surface area (Å²) in [5, 5.41) is 12.3. The van der Waals surface area contributed by atoms with Crippen molar-refractivity contribution in [1.82, 2.24) is 5.32 Å². The lowest BCUT2D eigenvalue weighted by molar-refractivity contribution is -0.137. The van der Waals surface area contributed by atoms with E-state index in [1.165, 1.54) is 5.56 Å². The fourth-order valence-corrected chi connectivity index (χ4v) is 2.34. The van der Waals surface area contributed by atoms with Crippen molar-refractivity contribution >= 4 is 22.8 Å². The third kappa shape index (κ3) is 4.10. The van der Waals surface area contributed by atoms with Crippen molar-refractivity contribution < 1.29 is 19.1 Å². The number of hydrogen-bond donors (Lipinski definition) is 2. The molecule has 1 aromatic carbocycles.